The highest BCUT2D eigenvalue weighted by Crippen LogP contribution is 2.26. The zero-order valence-corrected chi connectivity index (χ0v) is 13.4. The smallest absolute Gasteiger partial charge is 0.245 e. The van der Waals surface area contributed by atoms with Gasteiger partial charge in [-0.15, -0.1) is 0 Å². The molecule has 1 amide bonds. The number of nitrogens with one attached hydrogen (secondary N) is 1. The second-order valence-corrected chi connectivity index (χ2v) is 6.20. The third kappa shape index (κ3) is 2.95. The van der Waals surface area contributed by atoms with Crippen LogP contribution in [0.15, 0.2) is 53.0 Å². The fourth-order valence-corrected chi connectivity index (χ4v) is 3.08. The van der Waals surface area contributed by atoms with E-state index in [0.29, 0.717) is 6.54 Å². The van der Waals surface area contributed by atoms with Crippen molar-refractivity contribution in [3.8, 4) is 0 Å². The van der Waals surface area contributed by atoms with Crippen LogP contribution in [0.3, 0.4) is 0 Å². The molecule has 0 bridgehead atoms. The Morgan fingerprint density at radius 2 is 1.95 bits per heavy atom. The number of fused-ring (bicyclic) bond motifs is 1. The Hall–Kier alpha value is -1.81. The number of amides is 1. The number of anilines is 1. The lowest BCUT2D eigenvalue weighted by molar-refractivity contribution is -0.131. The number of hydrogen-bond acceptors (Lipinski definition) is 2. The lowest BCUT2D eigenvalue weighted by Gasteiger charge is -2.22. The highest BCUT2D eigenvalue weighted by molar-refractivity contribution is 9.10. The molecule has 0 aliphatic carbocycles. The van der Waals surface area contributed by atoms with Crippen LogP contribution >= 0.6 is 15.9 Å². The second-order valence-electron chi connectivity index (χ2n) is 5.34. The van der Waals surface area contributed by atoms with Crippen molar-refractivity contribution in [3.63, 3.8) is 0 Å². The summed E-state index contributed by atoms with van der Waals surface area (Å²) < 4.78 is 1.03. The van der Waals surface area contributed by atoms with Gasteiger partial charge in [-0.05, 0) is 23.3 Å². The van der Waals surface area contributed by atoms with Crippen LogP contribution in [0.25, 0.3) is 0 Å². The van der Waals surface area contributed by atoms with Crippen molar-refractivity contribution in [3.05, 3.63) is 64.1 Å². The lowest BCUT2D eigenvalue weighted by Crippen LogP contribution is -2.39. The number of benzene rings is 2. The Bertz CT molecular complexity index is 646. The summed E-state index contributed by atoms with van der Waals surface area (Å²) in [6.45, 7) is 0.606. The molecule has 0 saturated carbocycles. The van der Waals surface area contributed by atoms with Crippen molar-refractivity contribution in [2.24, 2.45) is 0 Å². The van der Waals surface area contributed by atoms with E-state index in [9.17, 15) is 4.79 Å². The van der Waals surface area contributed by atoms with Crippen molar-refractivity contribution in [2.45, 2.75) is 19.0 Å². The number of carbonyl (C=O) groups is 1. The maximum atomic E-state index is 12.6. The molecule has 1 N–H and O–H groups in total. The van der Waals surface area contributed by atoms with Gasteiger partial charge < -0.3 is 10.2 Å². The van der Waals surface area contributed by atoms with Gasteiger partial charge in [0, 0.05) is 30.2 Å². The fraction of sp³-hybridized carbons (Fsp3) is 0.235. The van der Waals surface area contributed by atoms with Gasteiger partial charge in [0.05, 0.1) is 0 Å². The van der Waals surface area contributed by atoms with Gasteiger partial charge in [-0.3, -0.25) is 4.79 Å². The zero-order valence-electron chi connectivity index (χ0n) is 11.8. The predicted octanol–water partition coefficient (Wildman–Crippen LogP) is 3.44. The minimum atomic E-state index is -0.158. The summed E-state index contributed by atoms with van der Waals surface area (Å²) in [5.74, 6) is 0.127. The number of rotatable bonds is 3. The first-order valence-electron chi connectivity index (χ1n) is 6.98. The number of likely N-dealkylation sites (N-methyl/N-ethyl adjacent to an activating group) is 1. The van der Waals surface area contributed by atoms with E-state index in [1.807, 2.05) is 49.5 Å². The first-order chi connectivity index (χ1) is 10.1. The Morgan fingerprint density at radius 3 is 2.71 bits per heavy atom. The summed E-state index contributed by atoms with van der Waals surface area (Å²) in [7, 11) is 1.85. The average molecular weight is 345 g/mol. The van der Waals surface area contributed by atoms with Crippen LogP contribution in [0.4, 0.5) is 5.69 Å². The van der Waals surface area contributed by atoms with E-state index in [4.69, 9.17) is 0 Å². The SMILES string of the molecule is CN(Cc1ccccc1Br)C(=O)C1Cc2ccccc2N1. The first-order valence-corrected chi connectivity index (χ1v) is 7.77. The molecule has 1 atom stereocenters. The predicted molar refractivity (Wildman–Crippen MR) is 88.2 cm³/mol. The minimum absolute atomic E-state index is 0.127. The van der Waals surface area contributed by atoms with Gasteiger partial charge in [0.25, 0.3) is 0 Å². The molecule has 1 unspecified atom stereocenters. The molecule has 1 heterocycles. The summed E-state index contributed by atoms with van der Waals surface area (Å²) >= 11 is 3.53. The van der Waals surface area contributed by atoms with E-state index in [1.54, 1.807) is 4.90 Å². The van der Waals surface area contributed by atoms with Gasteiger partial charge in [0.15, 0.2) is 0 Å². The van der Waals surface area contributed by atoms with Crippen LogP contribution in [0.2, 0.25) is 0 Å². The molecule has 21 heavy (non-hydrogen) atoms. The van der Waals surface area contributed by atoms with Crippen LogP contribution < -0.4 is 5.32 Å². The van der Waals surface area contributed by atoms with Crippen LogP contribution in [-0.4, -0.2) is 23.9 Å². The topological polar surface area (TPSA) is 32.3 Å². The van der Waals surface area contributed by atoms with Crippen molar-refractivity contribution < 1.29 is 4.79 Å². The molecule has 0 spiro atoms. The average Bonchev–Trinajstić information content (AvgIpc) is 2.92. The molecule has 3 rings (SSSR count). The molecular weight excluding hydrogens is 328 g/mol. The van der Waals surface area contributed by atoms with Gasteiger partial charge in [0.1, 0.15) is 6.04 Å². The Morgan fingerprint density at radius 1 is 1.24 bits per heavy atom. The van der Waals surface area contributed by atoms with Crippen LogP contribution in [0, 0.1) is 0 Å². The molecule has 0 aromatic heterocycles. The van der Waals surface area contributed by atoms with Crippen LogP contribution in [0.5, 0.6) is 0 Å². The maximum Gasteiger partial charge on any atom is 0.245 e. The van der Waals surface area contributed by atoms with E-state index in [0.717, 1.165) is 22.1 Å². The Kier molecular flexibility index (Phi) is 3.97. The third-order valence-electron chi connectivity index (χ3n) is 3.81. The van der Waals surface area contributed by atoms with Crippen LogP contribution in [-0.2, 0) is 17.8 Å². The molecule has 1 aliphatic rings. The third-order valence-corrected chi connectivity index (χ3v) is 4.58. The van der Waals surface area contributed by atoms with Gasteiger partial charge in [-0.2, -0.15) is 0 Å². The molecule has 108 valence electrons. The number of nitrogens with zero attached hydrogens (tertiary/aromatic N) is 1. The van der Waals surface area contributed by atoms with Crippen molar-refractivity contribution in [1.29, 1.82) is 0 Å². The summed E-state index contributed by atoms with van der Waals surface area (Å²) in [4.78, 5) is 14.4. The number of para-hydroxylation sites is 1. The van der Waals surface area contributed by atoms with E-state index in [1.165, 1.54) is 5.56 Å². The maximum absolute atomic E-state index is 12.6. The molecule has 1 aliphatic heterocycles. The highest BCUT2D eigenvalue weighted by Gasteiger charge is 2.28. The van der Waals surface area contributed by atoms with Crippen molar-refractivity contribution in [1.82, 2.24) is 4.90 Å². The first kappa shape index (κ1) is 14.1. The van der Waals surface area contributed by atoms with E-state index in [-0.39, 0.29) is 11.9 Å². The number of carbonyl (C=O) groups excluding carboxylic acids is 1. The standard InChI is InChI=1S/C17H17BrN2O/c1-20(11-13-7-2-4-8-14(13)18)17(21)16-10-12-6-3-5-9-15(12)19-16/h2-9,16,19H,10-11H2,1H3. The zero-order chi connectivity index (χ0) is 14.8. The largest absolute Gasteiger partial charge is 0.373 e. The monoisotopic (exact) mass is 344 g/mol. The second kappa shape index (κ2) is 5.90. The summed E-state index contributed by atoms with van der Waals surface area (Å²) in [5.41, 5.74) is 3.40. The Balaban J connectivity index is 1.68. The van der Waals surface area contributed by atoms with Crippen LogP contribution in [0.1, 0.15) is 11.1 Å². The summed E-state index contributed by atoms with van der Waals surface area (Å²) in [6.07, 6.45) is 0.759. The summed E-state index contributed by atoms with van der Waals surface area (Å²) in [6, 6.07) is 15.9. The molecule has 0 fully saturated rings. The van der Waals surface area contributed by atoms with Crippen molar-refractivity contribution in [2.75, 3.05) is 12.4 Å². The number of halogens is 1. The Labute approximate surface area is 133 Å². The van der Waals surface area contributed by atoms with Gasteiger partial charge in [0.2, 0.25) is 5.91 Å². The summed E-state index contributed by atoms with van der Waals surface area (Å²) in [5, 5.41) is 3.31. The highest BCUT2D eigenvalue weighted by atomic mass is 79.9. The molecule has 4 heteroatoms. The van der Waals surface area contributed by atoms with Gasteiger partial charge >= 0.3 is 0 Å². The van der Waals surface area contributed by atoms with Crippen molar-refractivity contribution >= 4 is 27.5 Å². The minimum Gasteiger partial charge on any atom is -0.373 e. The quantitative estimate of drug-likeness (QED) is 0.924. The molecule has 3 nitrogen and oxygen atoms in total. The molecular formula is C17H17BrN2O. The molecule has 2 aromatic carbocycles. The lowest BCUT2D eigenvalue weighted by atomic mass is 10.1. The number of hydrogen-bond donors (Lipinski definition) is 1. The van der Waals surface area contributed by atoms with E-state index < -0.39 is 0 Å². The van der Waals surface area contributed by atoms with Gasteiger partial charge in [-0.25, -0.2) is 0 Å². The molecule has 2 aromatic rings. The molecule has 0 saturated heterocycles. The molecule has 0 radical (unpaired) electrons. The fourth-order valence-electron chi connectivity index (χ4n) is 2.67. The normalized spacial score (nSPS) is 16.2. The van der Waals surface area contributed by atoms with Gasteiger partial charge in [-0.1, -0.05) is 52.3 Å². The van der Waals surface area contributed by atoms with E-state index in [2.05, 4.69) is 27.3 Å². The van der Waals surface area contributed by atoms with E-state index >= 15 is 0 Å².